The van der Waals surface area contributed by atoms with E-state index in [1.807, 2.05) is 62.5 Å². The van der Waals surface area contributed by atoms with E-state index >= 15 is 0 Å². The number of aryl methyl sites for hydroxylation is 2. The maximum atomic E-state index is 5.93. The van der Waals surface area contributed by atoms with Gasteiger partial charge in [0.05, 0.1) is 29.8 Å². The van der Waals surface area contributed by atoms with Crippen LogP contribution in [0.25, 0.3) is 22.6 Å². The summed E-state index contributed by atoms with van der Waals surface area (Å²) >= 11 is 0. The van der Waals surface area contributed by atoms with E-state index in [0.717, 1.165) is 28.2 Å². The van der Waals surface area contributed by atoms with Crippen molar-refractivity contribution in [3.05, 3.63) is 71.7 Å². The van der Waals surface area contributed by atoms with E-state index in [-0.39, 0.29) is 5.95 Å². The van der Waals surface area contributed by atoms with Gasteiger partial charge in [-0.3, -0.25) is 4.98 Å². The highest BCUT2D eigenvalue weighted by Crippen LogP contribution is 2.24. The maximum absolute atomic E-state index is 5.93. The number of nitrogens with zero attached hydrogens (tertiary/aromatic N) is 6. The quantitative estimate of drug-likeness (QED) is 0.603. The summed E-state index contributed by atoms with van der Waals surface area (Å²) in [6.45, 7) is 4.55. The van der Waals surface area contributed by atoms with Gasteiger partial charge in [-0.05, 0) is 38.1 Å². The van der Waals surface area contributed by atoms with Gasteiger partial charge in [-0.25, -0.2) is 14.6 Å². The van der Waals surface area contributed by atoms with Crippen molar-refractivity contribution in [3.63, 3.8) is 0 Å². The van der Waals surface area contributed by atoms with Crippen LogP contribution in [0.2, 0.25) is 0 Å². The Morgan fingerprint density at radius 2 is 1.70 bits per heavy atom. The van der Waals surface area contributed by atoms with Crippen molar-refractivity contribution in [2.24, 2.45) is 0 Å². The molecule has 0 saturated heterocycles. The maximum Gasteiger partial charge on any atom is 0.221 e. The lowest BCUT2D eigenvalue weighted by molar-refractivity contribution is 0.637. The van der Waals surface area contributed by atoms with Gasteiger partial charge in [0.2, 0.25) is 5.95 Å². The lowest BCUT2D eigenvalue weighted by atomic mass is 10.1. The van der Waals surface area contributed by atoms with E-state index in [1.54, 1.807) is 4.68 Å². The molecule has 0 bridgehead atoms. The lowest BCUT2D eigenvalue weighted by Crippen LogP contribution is -2.03. The van der Waals surface area contributed by atoms with E-state index < -0.39 is 0 Å². The molecule has 0 spiro atoms. The van der Waals surface area contributed by atoms with Crippen LogP contribution < -0.4 is 5.73 Å². The Morgan fingerprint density at radius 1 is 0.889 bits per heavy atom. The molecule has 0 atom stereocenters. The Hall–Kier alpha value is -3.61. The lowest BCUT2D eigenvalue weighted by Gasteiger charge is -2.05. The molecule has 0 saturated carbocycles. The van der Waals surface area contributed by atoms with Crippen molar-refractivity contribution in [1.29, 1.82) is 0 Å². The summed E-state index contributed by atoms with van der Waals surface area (Å²) in [4.78, 5) is 13.2. The smallest absolute Gasteiger partial charge is 0.221 e. The van der Waals surface area contributed by atoms with Crippen molar-refractivity contribution >= 4 is 5.95 Å². The van der Waals surface area contributed by atoms with Crippen LogP contribution in [0.15, 0.2) is 54.7 Å². The Bertz CT molecular complexity index is 1100. The topological polar surface area (TPSA) is 95.4 Å². The normalized spacial score (nSPS) is 10.9. The highest BCUT2D eigenvalue weighted by Gasteiger charge is 2.11. The van der Waals surface area contributed by atoms with Crippen molar-refractivity contribution in [3.8, 4) is 22.6 Å². The third-order valence-electron chi connectivity index (χ3n) is 4.13. The first-order chi connectivity index (χ1) is 13.1. The largest absolute Gasteiger partial charge is 0.368 e. The molecule has 0 aliphatic carbocycles. The molecule has 4 rings (SSSR count). The minimum atomic E-state index is 0.207. The Labute approximate surface area is 156 Å². The minimum Gasteiger partial charge on any atom is -0.368 e. The van der Waals surface area contributed by atoms with Gasteiger partial charge in [0.25, 0.3) is 0 Å². The fraction of sp³-hybridized carbons (Fsp3) is 0.150. The summed E-state index contributed by atoms with van der Waals surface area (Å²) in [6, 6.07) is 15.9. The second-order valence-corrected chi connectivity index (χ2v) is 6.44. The number of anilines is 1. The average molecular weight is 357 g/mol. The molecule has 0 aliphatic heterocycles. The first kappa shape index (κ1) is 16.8. The number of hydrogen-bond acceptors (Lipinski definition) is 6. The summed E-state index contributed by atoms with van der Waals surface area (Å²) in [5, 5.41) is 8.43. The summed E-state index contributed by atoms with van der Waals surface area (Å²) in [5.41, 5.74) is 12.0. The number of rotatable bonds is 4. The molecule has 4 aromatic rings. The van der Waals surface area contributed by atoms with Crippen LogP contribution in [0, 0.1) is 13.8 Å². The standard InChI is InChI=1S/C20H19N7/c1-13-5-3-7-15(9-13)17-10-18(24-20(21)23-17)19-12-27(26-25-19)11-16-8-4-6-14(2)22-16/h3-10,12H,11H2,1-2H3,(H2,21,23,24). The molecule has 2 N–H and O–H groups in total. The summed E-state index contributed by atoms with van der Waals surface area (Å²) in [7, 11) is 0. The zero-order chi connectivity index (χ0) is 18.8. The van der Waals surface area contributed by atoms with Gasteiger partial charge in [-0.15, -0.1) is 5.10 Å². The number of aromatic nitrogens is 6. The molecule has 1 aromatic carbocycles. The van der Waals surface area contributed by atoms with E-state index in [4.69, 9.17) is 5.73 Å². The summed E-state index contributed by atoms with van der Waals surface area (Å²) < 4.78 is 1.74. The van der Waals surface area contributed by atoms with Crippen LogP contribution in [0.3, 0.4) is 0 Å². The predicted molar refractivity (Wildman–Crippen MR) is 104 cm³/mol. The van der Waals surface area contributed by atoms with Crippen LogP contribution >= 0.6 is 0 Å². The third-order valence-corrected chi connectivity index (χ3v) is 4.13. The monoisotopic (exact) mass is 357 g/mol. The summed E-state index contributed by atoms with van der Waals surface area (Å²) in [6.07, 6.45) is 1.84. The Balaban J connectivity index is 1.65. The first-order valence-electron chi connectivity index (χ1n) is 8.61. The fourth-order valence-corrected chi connectivity index (χ4v) is 2.90. The van der Waals surface area contributed by atoms with E-state index in [0.29, 0.717) is 17.9 Å². The van der Waals surface area contributed by atoms with Crippen LogP contribution in [0.4, 0.5) is 5.95 Å². The molecule has 0 radical (unpaired) electrons. The zero-order valence-electron chi connectivity index (χ0n) is 15.2. The van der Waals surface area contributed by atoms with Crippen LogP contribution in [0.5, 0.6) is 0 Å². The number of nitrogens with two attached hydrogens (primary N) is 1. The van der Waals surface area contributed by atoms with Gasteiger partial charge in [0, 0.05) is 11.3 Å². The van der Waals surface area contributed by atoms with Crippen LogP contribution in [-0.4, -0.2) is 29.9 Å². The van der Waals surface area contributed by atoms with Gasteiger partial charge < -0.3 is 5.73 Å². The van der Waals surface area contributed by atoms with Crippen LogP contribution in [-0.2, 0) is 6.54 Å². The molecule has 0 aliphatic rings. The number of pyridine rings is 1. The zero-order valence-corrected chi connectivity index (χ0v) is 15.2. The second kappa shape index (κ2) is 6.95. The molecular formula is C20H19N7. The van der Waals surface area contributed by atoms with Gasteiger partial charge in [0.1, 0.15) is 5.69 Å². The molecule has 3 aromatic heterocycles. The van der Waals surface area contributed by atoms with Crippen LogP contribution in [0.1, 0.15) is 17.0 Å². The molecule has 0 amide bonds. The number of hydrogen-bond donors (Lipinski definition) is 1. The number of benzene rings is 1. The molecule has 3 heterocycles. The van der Waals surface area contributed by atoms with Gasteiger partial charge in [-0.1, -0.05) is 35.0 Å². The molecular weight excluding hydrogens is 338 g/mol. The molecule has 27 heavy (non-hydrogen) atoms. The Kier molecular flexibility index (Phi) is 4.33. The minimum absolute atomic E-state index is 0.207. The number of nitrogen functional groups attached to an aromatic ring is 1. The van der Waals surface area contributed by atoms with Crippen molar-refractivity contribution in [2.75, 3.05) is 5.73 Å². The fourth-order valence-electron chi connectivity index (χ4n) is 2.90. The van der Waals surface area contributed by atoms with Crippen molar-refractivity contribution in [2.45, 2.75) is 20.4 Å². The van der Waals surface area contributed by atoms with E-state index in [9.17, 15) is 0 Å². The third kappa shape index (κ3) is 3.82. The first-order valence-corrected chi connectivity index (χ1v) is 8.61. The Morgan fingerprint density at radius 3 is 2.52 bits per heavy atom. The highest BCUT2D eigenvalue weighted by atomic mass is 15.4. The van der Waals surface area contributed by atoms with E-state index in [2.05, 4.69) is 31.3 Å². The molecule has 0 unspecified atom stereocenters. The second-order valence-electron chi connectivity index (χ2n) is 6.44. The van der Waals surface area contributed by atoms with Gasteiger partial charge >= 0.3 is 0 Å². The molecule has 7 heteroatoms. The van der Waals surface area contributed by atoms with Gasteiger partial charge in [-0.2, -0.15) is 0 Å². The summed E-state index contributed by atoms with van der Waals surface area (Å²) in [5.74, 6) is 0.207. The molecule has 7 nitrogen and oxygen atoms in total. The SMILES string of the molecule is Cc1cccc(-c2cc(-c3cn(Cc4cccc(C)n4)nn3)nc(N)n2)c1. The van der Waals surface area contributed by atoms with E-state index in [1.165, 1.54) is 0 Å². The van der Waals surface area contributed by atoms with Gasteiger partial charge in [0.15, 0.2) is 0 Å². The molecule has 0 fully saturated rings. The highest BCUT2D eigenvalue weighted by molar-refractivity contribution is 5.67. The average Bonchev–Trinajstić information content (AvgIpc) is 3.10. The molecule has 134 valence electrons. The predicted octanol–water partition coefficient (Wildman–Crippen LogP) is 3.04. The van der Waals surface area contributed by atoms with Crippen molar-refractivity contribution < 1.29 is 0 Å². The van der Waals surface area contributed by atoms with Crippen molar-refractivity contribution in [1.82, 2.24) is 29.9 Å².